The SMILES string of the molecule is COc1ccc(-c2ccc(S(C)(=O)=O)cc2)cc1C(=O)NC1CCC(N)CC1.Cl. The van der Waals surface area contributed by atoms with E-state index in [4.69, 9.17) is 10.5 Å². The lowest BCUT2D eigenvalue weighted by Gasteiger charge is -2.27. The molecule has 8 heteroatoms. The predicted octanol–water partition coefficient (Wildman–Crippen LogP) is 3.19. The summed E-state index contributed by atoms with van der Waals surface area (Å²) in [6.45, 7) is 0. The number of hydrogen-bond donors (Lipinski definition) is 2. The van der Waals surface area contributed by atoms with E-state index in [2.05, 4.69) is 5.32 Å². The molecule has 1 aliphatic rings. The molecule has 0 aromatic heterocycles. The van der Waals surface area contributed by atoms with Crippen LogP contribution in [0.2, 0.25) is 0 Å². The summed E-state index contributed by atoms with van der Waals surface area (Å²) >= 11 is 0. The highest BCUT2D eigenvalue weighted by atomic mass is 35.5. The van der Waals surface area contributed by atoms with Gasteiger partial charge in [0.2, 0.25) is 0 Å². The Kier molecular flexibility index (Phi) is 7.68. The van der Waals surface area contributed by atoms with E-state index in [0.29, 0.717) is 11.3 Å². The van der Waals surface area contributed by atoms with Crippen molar-refractivity contribution in [1.29, 1.82) is 0 Å². The van der Waals surface area contributed by atoms with Gasteiger partial charge in [-0.3, -0.25) is 4.79 Å². The van der Waals surface area contributed by atoms with Crippen molar-refractivity contribution in [2.45, 2.75) is 42.7 Å². The minimum absolute atomic E-state index is 0. The van der Waals surface area contributed by atoms with Gasteiger partial charge >= 0.3 is 0 Å². The van der Waals surface area contributed by atoms with E-state index in [9.17, 15) is 13.2 Å². The van der Waals surface area contributed by atoms with Crippen molar-refractivity contribution in [2.24, 2.45) is 5.73 Å². The van der Waals surface area contributed by atoms with Crippen LogP contribution in [-0.2, 0) is 9.84 Å². The van der Waals surface area contributed by atoms with Gasteiger partial charge in [0, 0.05) is 18.3 Å². The third-order valence-corrected chi connectivity index (χ3v) is 6.30. The average molecular weight is 439 g/mol. The Morgan fingerprint density at radius 2 is 1.62 bits per heavy atom. The Hall–Kier alpha value is -2.09. The molecular formula is C21H27ClN2O4S. The van der Waals surface area contributed by atoms with Crippen molar-refractivity contribution < 1.29 is 17.9 Å². The zero-order chi connectivity index (χ0) is 20.3. The molecule has 0 bridgehead atoms. The number of benzene rings is 2. The van der Waals surface area contributed by atoms with Crippen molar-refractivity contribution in [3.63, 3.8) is 0 Å². The summed E-state index contributed by atoms with van der Waals surface area (Å²) in [4.78, 5) is 13.1. The van der Waals surface area contributed by atoms with Gasteiger partial charge in [-0.1, -0.05) is 18.2 Å². The number of nitrogens with one attached hydrogen (secondary N) is 1. The molecule has 0 aliphatic heterocycles. The number of sulfone groups is 1. The Labute approximate surface area is 178 Å². The Morgan fingerprint density at radius 3 is 2.17 bits per heavy atom. The molecule has 2 aromatic carbocycles. The first-order valence-electron chi connectivity index (χ1n) is 9.33. The molecule has 0 spiro atoms. The van der Waals surface area contributed by atoms with Crippen molar-refractivity contribution in [3.8, 4) is 16.9 Å². The second-order valence-corrected chi connectivity index (χ2v) is 9.31. The summed E-state index contributed by atoms with van der Waals surface area (Å²) in [7, 11) is -1.71. The Balaban J connectivity index is 0.00000300. The van der Waals surface area contributed by atoms with E-state index in [1.807, 2.05) is 6.07 Å². The third kappa shape index (κ3) is 5.72. The van der Waals surface area contributed by atoms with Crippen LogP contribution in [0.5, 0.6) is 5.75 Å². The molecule has 0 saturated heterocycles. The molecule has 1 amide bonds. The molecule has 1 saturated carbocycles. The normalized spacial score (nSPS) is 19.1. The van der Waals surface area contributed by atoms with Crippen LogP contribution in [0, 0.1) is 0 Å². The highest BCUT2D eigenvalue weighted by molar-refractivity contribution is 7.90. The highest BCUT2D eigenvalue weighted by Crippen LogP contribution is 2.28. The number of carbonyl (C=O) groups excluding carboxylic acids is 1. The monoisotopic (exact) mass is 438 g/mol. The molecule has 0 unspecified atom stereocenters. The molecular weight excluding hydrogens is 412 g/mol. The fourth-order valence-electron chi connectivity index (χ4n) is 3.49. The van der Waals surface area contributed by atoms with E-state index >= 15 is 0 Å². The molecule has 29 heavy (non-hydrogen) atoms. The highest BCUT2D eigenvalue weighted by Gasteiger charge is 2.22. The van der Waals surface area contributed by atoms with Crippen LogP contribution < -0.4 is 15.8 Å². The predicted molar refractivity (Wildman–Crippen MR) is 116 cm³/mol. The summed E-state index contributed by atoms with van der Waals surface area (Å²) in [6.07, 6.45) is 4.75. The molecule has 6 nitrogen and oxygen atoms in total. The molecule has 2 aromatic rings. The van der Waals surface area contributed by atoms with E-state index in [1.165, 1.54) is 13.4 Å². The summed E-state index contributed by atoms with van der Waals surface area (Å²) < 4.78 is 28.6. The number of rotatable bonds is 5. The zero-order valence-corrected chi connectivity index (χ0v) is 18.2. The number of amides is 1. The van der Waals surface area contributed by atoms with Crippen molar-refractivity contribution in [2.75, 3.05) is 13.4 Å². The minimum atomic E-state index is -3.25. The maximum Gasteiger partial charge on any atom is 0.255 e. The van der Waals surface area contributed by atoms with E-state index < -0.39 is 9.84 Å². The molecule has 158 valence electrons. The largest absolute Gasteiger partial charge is 0.496 e. The first-order valence-corrected chi connectivity index (χ1v) is 11.2. The van der Waals surface area contributed by atoms with Gasteiger partial charge in [0.05, 0.1) is 17.6 Å². The first-order chi connectivity index (χ1) is 13.3. The van der Waals surface area contributed by atoms with Crippen molar-refractivity contribution in [3.05, 3.63) is 48.0 Å². The lowest BCUT2D eigenvalue weighted by molar-refractivity contribution is 0.0923. The molecule has 1 aliphatic carbocycles. The third-order valence-electron chi connectivity index (χ3n) is 5.17. The van der Waals surface area contributed by atoms with E-state index in [1.54, 1.807) is 36.4 Å². The first kappa shape index (κ1) is 23.2. The van der Waals surface area contributed by atoms with Gasteiger partial charge in [-0.2, -0.15) is 0 Å². The minimum Gasteiger partial charge on any atom is -0.496 e. The number of halogens is 1. The number of methoxy groups -OCH3 is 1. The van der Waals surface area contributed by atoms with Gasteiger partial charge in [0.1, 0.15) is 5.75 Å². The second kappa shape index (κ2) is 9.61. The smallest absolute Gasteiger partial charge is 0.255 e. The topological polar surface area (TPSA) is 98.5 Å². The van der Waals surface area contributed by atoms with Crippen LogP contribution in [-0.4, -0.2) is 39.8 Å². The molecule has 1 fully saturated rings. The van der Waals surface area contributed by atoms with Crippen LogP contribution in [0.3, 0.4) is 0 Å². The van der Waals surface area contributed by atoms with Crippen molar-refractivity contribution in [1.82, 2.24) is 5.32 Å². The van der Waals surface area contributed by atoms with Crippen LogP contribution in [0.25, 0.3) is 11.1 Å². The number of ether oxygens (including phenoxy) is 1. The van der Waals surface area contributed by atoms with Gasteiger partial charge in [0.15, 0.2) is 9.84 Å². The van der Waals surface area contributed by atoms with Crippen molar-refractivity contribution >= 4 is 28.2 Å². The molecule has 0 radical (unpaired) electrons. The molecule has 0 atom stereocenters. The maximum atomic E-state index is 12.8. The fourth-order valence-corrected chi connectivity index (χ4v) is 4.12. The van der Waals surface area contributed by atoms with Crippen LogP contribution in [0.15, 0.2) is 47.4 Å². The van der Waals surface area contributed by atoms with Gasteiger partial charge < -0.3 is 15.8 Å². The molecule has 3 rings (SSSR count). The maximum absolute atomic E-state index is 12.8. The lowest BCUT2D eigenvalue weighted by atomic mass is 9.91. The van der Waals surface area contributed by atoms with Gasteiger partial charge in [0.25, 0.3) is 5.91 Å². The number of nitrogens with two attached hydrogens (primary N) is 1. The van der Waals surface area contributed by atoms with Crippen LogP contribution in [0.1, 0.15) is 36.0 Å². The Morgan fingerprint density at radius 1 is 1.03 bits per heavy atom. The summed E-state index contributed by atoms with van der Waals surface area (Å²) in [5.74, 6) is 0.327. The quantitative estimate of drug-likeness (QED) is 0.746. The van der Waals surface area contributed by atoms with Crippen LogP contribution >= 0.6 is 12.4 Å². The summed E-state index contributed by atoms with van der Waals surface area (Å²) in [6, 6.07) is 12.3. The van der Waals surface area contributed by atoms with Gasteiger partial charge in [-0.15, -0.1) is 12.4 Å². The second-order valence-electron chi connectivity index (χ2n) is 7.30. The Bertz CT molecular complexity index is 953. The van der Waals surface area contributed by atoms with E-state index in [-0.39, 0.29) is 35.3 Å². The fraction of sp³-hybridized carbons (Fsp3) is 0.381. The number of hydrogen-bond acceptors (Lipinski definition) is 5. The molecule has 3 N–H and O–H groups in total. The van der Waals surface area contributed by atoms with E-state index in [0.717, 1.165) is 36.8 Å². The van der Waals surface area contributed by atoms with Gasteiger partial charge in [-0.05, 0) is 61.1 Å². The van der Waals surface area contributed by atoms with Crippen LogP contribution in [0.4, 0.5) is 0 Å². The standard InChI is InChI=1S/C21H26N2O4S.ClH/c1-27-20-12-5-15(14-3-10-18(11-4-14)28(2,25)26)13-19(20)21(24)23-17-8-6-16(22)7-9-17;/h3-5,10-13,16-17H,6-9,22H2,1-2H3,(H,23,24);1H. The summed E-state index contributed by atoms with van der Waals surface area (Å²) in [5, 5.41) is 3.08. The lowest BCUT2D eigenvalue weighted by Crippen LogP contribution is -2.40. The summed E-state index contributed by atoms with van der Waals surface area (Å²) in [5.41, 5.74) is 8.04. The van der Waals surface area contributed by atoms with Gasteiger partial charge in [-0.25, -0.2) is 8.42 Å². The number of carbonyl (C=O) groups is 1. The average Bonchev–Trinajstić information content (AvgIpc) is 2.68. The molecule has 0 heterocycles. The zero-order valence-electron chi connectivity index (χ0n) is 16.6.